The van der Waals surface area contributed by atoms with Crippen molar-refractivity contribution in [1.29, 1.82) is 0 Å². The van der Waals surface area contributed by atoms with Gasteiger partial charge in [0, 0.05) is 0 Å². The highest BCUT2D eigenvalue weighted by Gasteiger charge is 2.20. The Labute approximate surface area is 136 Å². The van der Waals surface area contributed by atoms with Crippen molar-refractivity contribution < 1.29 is 22.7 Å². The molecule has 0 unspecified atom stereocenters. The molecule has 0 spiro atoms. The van der Waals surface area contributed by atoms with Crippen molar-refractivity contribution in [2.75, 3.05) is 5.32 Å². The maximum Gasteiger partial charge on any atom is 0.265 e. The molecule has 1 amide bonds. The Hall–Kier alpha value is -2.21. The van der Waals surface area contributed by atoms with E-state index >= 15 is 0 Å². The summed E-state index contributed by atoms with van der Waals surface area (Å²) in [6, 6.07) is 6.68. The second-order valence-electron chi connectivity index (χ2n) is 4.91. The quantitative estimate of drug-likeness (QED) is 0.832. The summed E-state index contributed by atoms with van der Waals surface area (Å²) in [5.41, 5.74) is 0.406. The Morgan fingerprint density at radius 3 is 2.57 bits per heavy atom. The highest BCUT2D eigenvalue weighted by atomic mass is 35.5. The van der Waals surface area contributed by atoms with E-state index < -0.39 is 35.2 Å². The molecule has 7 heteroatoms. The van der Waals surface area contributed by atoms with Crippen molar-refractivity contribution >= 4 is 23.2 Å². The van der Waals surface area contributed by atoms with E-state index in [1.54, 1.807) is 18.2 Å². The van der Waals surface area contributed by atoms with Crippen LogP contribution in [0.15, 0.2) is 30.3 Å². The Kier molecular flexibility index (Phi) is 5.15. The number of carbonyl (C=O) groups excluding carboxylic acids is 1. The van der Waals surface area contributed by atoms with Crippen LogP contribution in [-0.2, 0) is 4.79 Å². The van der Waals surface area contributed by atoms with Gasteiger partial charge in [0.15, 0.2) is 23.6 Å². The molecule has 0 bridgehead atoms. The fourth-order valence-corrected chi connectivity index (χ4v) is 1.96. The first-order valence-electron chi connectivity index (χ1n) is 6.66. The van der Waals surface area contributed by atoms with Crippen molar-refractivity contribution in [3.05, 3.63) is 58.4 Å². The van der Waals surface area contributed by atoms with E-state index in [1.807, 2.05) is 6.92 Å². The van der Waals surface area contributed by atoms with Gasteiger partial charge in [-0.15, -0.1) is 0 Å². The summed E-state index contributed by atoms with van der Waals surface area (Å²) in [6.07, 6.45) is -1.03. The normalized spacial score (nSPS) is 11.9. The molecule has 0 aliphatic rings. The molecule has 0 heterocycles. The zero-order valence-corrected chi connectivity index (χ0v) is 13.0. The zero-order chi connectivity index (χ0) is 17.1. The maximum absolute atomic E-state index is 13.5. The first-order valence-corrected chi connectivity index (χ1v) is 7.04. The van der Waals surface area contributed by atoms with Crippen molar-refractivity contribution in [3.63, 3.8) is 0 Å². The molecule has 0 saturated heterocycles. The van der Waals surface area contributed by atoms with Crippen LogP contribution in [0, 0.1) is 24.4 Å². The Morgan fingerprint density at radius 2 is 1.87 bits per heavy atom. The summed E-state index contributed by atoms with van der Waals surface area (Å²) in [5, 5.41) is 2.46. The summed E-state index contributed by atoms with van der Waals surface area (Å²) >= 11 is 5.96. The predicted octanol–water partition coefficient (Wildman–Crippen LogP) is 4.47. The largest absolute Gasteiger partial charge is 0.479 e. The van der Waals surface area contributed by atoms with Gasteiger partial charge in [-0.2, -0.15) is 0 Å². The molecule has 0 aliphatic heterocycles. The van der Waals surface area contributed by atoms with Crippen molar-refractivity contribution in [2.24, 2.45) is 0 Å². The average molecular weight is 344 g/mol. The minimum absolute atomic E-state index is 0.292. The van der Waals surface area contributed by atoms with Crippen LogP contribution in [0.1, 0.15) is 12.5 Å². The molecule has 2 aromatic rings. The number of rotatable bonds is 4. The first kappa shape index (κ1) is 17.1. The molecule has 2 aromatic carbocycles. The maximum atomic E-state index is 13.5. The number of anilines is 1. The third kappa shape index (κ3) is 3.96. The highest BCUT2D eigenvalue weighted by Crippen LogP contribution is 2.26. The minimum atomic E-state index is -1.65. The highest BCUT2D eigenvalue weighted by molar-refractivity contribution is 6.32. The van der Waals surface area contributed by atoms with Gasteiger partial charge in [0.05, 0.1) is 10.7 Å². The molecule has 0 saturated carbocycles. The van der Waals surface area contributed by atoms with E-state index in [0.717, 1.165) is 17.7 Å². The minimum Gasteiger partial charge on any atom is -0.479 e. The van der Waals surface area contributed by atoms with Gasteiger partial charge in [-0.05, 0) is 43.7 Å². The number of amides is 1. The Bertz CT molecular complexity index is 752. The first-order chi connectivity index (χ1) is 10.8. The van der Waals surface area contributed by atoms with Gasteiger partial charge >= 0.3 is 0 Å². The van der Waals surface area contributed by atoms with Crippen LogP contribution in [0.3, 0.4) is 0 Å². The fourth-order valence-electron chi connectivity index (χ4n) is 1.80. The number of hydrogen-bond acceptors (Lipinski definition) is 2. The molecule has 0 aliphatic carbocycles. The predicted molar refractivity (Wildman–Crippen MR) is 81.2 cm³/mol. The van der Waals surface area contributed by atoms with Crippen LogP contribution >= 0.6 is 11.6 Å². The monoisotopic (exact) mass is 343 g/mol. The van der Waals surface area contributed by atoms with Gasteiger partial charge in [0.2, 0.25) is 0 Å². The van der Waals surface area contributed by atoms with Gasteiger partial charge in [0.1, 0.15) is 5.75 Å². The SMILES string of the molecule is Cc1ccc(Cl)c(O[C@H](C)C(=O)Nc2ccc(F)c(F)c2F)c1. The molecule has 122 valence electrons. The lowest BCUT2D eigenvalue weighted by molar-refractivity contribution is -0.122. The summed E-state index contributed by atoms with van der Waals surface area (Å²) in [7, 11) is 0. The van der Waals surface area contributed by atoms with Crippen molar-refractivity contribution in [3.8, 4) is 5.75 Å². The smallest absolute Gasteiger partial charge is 0.265 e. The number of halogens is 4. The topological polar surface area (TPSA) is 38.3 Å². The van der Waals surface area contributed by atoms with E-state index in [0.29, 0.717) is 10.8 Å². The molecule has 3 nitrogen and oxygen atoms in total. The molecule has 23 heavy (non-hydrogen) atoms. The summed E-state index contributed by atoms with van der Waals surface area (Å²) in [6.45, 7) is 3.25. The third-order valence-electron chi connectivity index (χ3n) is 3.05. The summed E-state index contributed by atoms with van der Waals surface area (Å²) in [5.74, 6) is -4.90. The number of hydrogen-bond donors (Lipinski definition) is 1. The van der Waals surface area contributed by atoms with E-state index in [2.05, 4.69) is 5.32 Å². The van der Waals surface area contributed by atoms with Crippen LogP contribution in [0.25, 0.3) is 0 Å². The molecule has 0 radical (unpaired) electrons. The van der Waals surface area contributed by atoms with E-state index in [1.165, 1.54) is 6.92 Å². The number of benzene rings is 2. The Balaban J connectivity index is 2.12. The number of carbonyl (C=O) groups is 1. The lowest BCUT2D eigenvalue weighted by Crippen LogP contribution is -2.30. The molecular formula is C16H13ClF3NO2. The van der Waals surface area contributed by atoms with Crippen molar-refractivity contribution in [1.82, 2.24) is 0 Å². The number of aryl methyl sites for hydroxylation is 1. The molecule has 2 rings (SSSR count). The fraction of sp³-hybridized carbons (Fsp3) is 0.188. The second-order valence-corrected chi connectivity index (χ2v) is 5.31. The summed E-state index contributed by atoms with van der Waals surface area (Å²) in [4.78, 5) is 12.0. The number of nitrogens with one attached hydrogen (secondary N) is 1. The Morgan fingerprint density at radius 1 is 1.17 bits per heavy atom. The van der Waals surface area contributed by atoms with Crippen molar-refractivity contribution in [2.45, 2.75) is 20.0 Å². The van der Waals surface area contributed by atoms with Crippen LogP contribution in [0.4, 0.5) is 18.9 Å². The van der Waals surface area contributed by atoms with Gasteiger partial charge in [-0.25, -0.2) is 13.2 Å². The molecule has 1 atom stereocenters. The molecule has 0 aromatic heterocycles. The van der Waals surface area contributed by atoms with E-state index in [-0.39, 0.29) is 0 Å². The third-order valence-corrected chi connectivity index (χ3v) is 3.36. The van der Waals surface area contributed by atoms with Gasteiger partial charge in [-0.1, -0.05) is 17.7 Å². The van der Waals surface area contributed by atoms with Crippen LogP contribution in [0.5, 0.6) is 5.75 Å². The average Bonchev–Trinajstić information content (AvgIpc) is 2.51. The molecule has 1 N–H and O–H groups in total. The molecule has 0 fully saturated rings. The zero-order valence-electron chi connectivity index (χ0n) is 12.3. The van der Waals surface area contributed by atoms with Crippen LogP contribution in [-0.4, -0.2) is 12.0 Å². The lowest BCUT2D eigenvalue weighted by Gasteiger charge is -2.16. The molecular weight excluding hydrogens is 331 g/mol. The van der Waals surface area contributed by atoms with Crippen LogP contribution < -0.4 is 10.1 Å². The van der Waals surface area contributed by atoms with Gasteiger partial charge < -0.3 is 10.1 Å². The van der Waals surface area contributed by atoms with Gasteiger partial charge in [0.25, 0.3) is 5.91 Å². The standard InChI is InChI=1S/C16H13ClF3NO2/c1-8-3-4-10(17)13(7-8)23-9(2)16(22)21-12-6-5-11(18)14(19)15(12)20/h3-7,9H,1-2H3,(H,21,22)/t9-/m1/s1. The van der Waals surface area contributed by atoms with E-state index in [9.17, 15) is 18.0 Å². The van der Waals surface area contributed by atoms with Gasteiger partial charge in [-0.3, -0.25) is 4.79 Å². The lowest BCUT2D eigenvalue weighted by atomic mass is 10.2. The van der Waals surface area contributed by atoms with E-state index in [4.69, 9.17) is 16.3 Å². The number of ether oxygens (including phenoxy) is 1. The summed E-state index contributed by atoms with van der Waals surface area (Å²) < 4.78 is 45.0. The second kappa shape index (κ2) is 6.91. The van der Waals surface area contributed by atoms with Crippen LogP contribution in [0.2, 0.25) is 5.02 Å².